The maximum atomic E-state index is 5.67. The van der Waals surface area contributed by atoms with Gasteiger partial charge in [0.05, 0.1) is 0 Å². The molecule has 72 valence electrons. The number of nitrogens with zero attached hydrogens (tertiary/aromatic N) is 1. The first-order valence-corrected chi connectivity index (χ1v) is 4.86. The largest absolute Gasteiger partial charge is 0.327 e. The highest BCUT2D eigenvalue weighted by molar-refractivity contribution is 4.77. The quantitative estimate of drug-likeness (QED) is 0.629. The first-order chi connectivity index (χ1) is 5.68. The van der Waals surface area contributed by atoms with E-state index in [0.717, 1.165) is 6.54 Å². The smallest absolute Gasteiger partial charge is 0.0196 e. The predicted molar refractivity (Wildman–Crippen MR) is 52.2 cm³/mol. The zero-order valence-electron chi connectivity index (χ0n) is 8.21. The summed E-state index contributed by atoms with van der Waals surface area (Å²) in [6, 6.07) is 0.937. The molecule has 0 aromatic heterocycles. The minimum absolute atomic E-state index is 0.275. The summed E-state index contributed by atoms with van der Waals surface area (Å²) >= 11 is 0. The van der Waals surface area contributed by atoms with Crippen LogP contribution >= 0.6 is 0 Å². The van der Waals surface area contributed by atoms with Crippen molar-refractivity contribution in [3.05, 3.63) is 0 Å². The number of piperidine rings is 1. The number of hydrogen-bond acceptors (Lipinski definition) is 3. The Morgan fingerprint density at radius 1 is 1.67 bits per heavy atom. The summed E-state index contributed by atoms with van der Waals surface area (Å²) in [4.78, 5) is 2.38. The number of nitrogens with two attached hydrogens (primary N) is 1. The van der Waals surface area contributed by atoms with Crippen LogP contribution in [0.4, 0.5) is 0 Å². The van der Waals surface area contributed by atoms with Crippen LogP contribution in [0, 0.1) is 0 Å². The summed E-state index contributed by atoms with van der Waals surface area (Å²) in [6.45, 7) is 5.40. The van der Waals surface area contributed by atoms with E-state index in [4.69, 9.17) is 5.73 Å². The van der Waals surface area contributed by atoms with Crippen LogP contribution in [-0.4, -0.2) is 43.7 Å². The number of likely N-dealkylation sites (tertiary alicyclic amines) is 1. The molecule has 2 unspecified atom stereocenters. The van der Waals surface area contributed by atoms with E-state index in [1.165, 1.54) is 25.9 Å². The monoisotopic (exact) mass is 171 g/mol. The van der Waals surface area contributed by atoms with E-state index in [1.807, 2.05) is 6.92 Å². The lowest BCUT2D eigenvalue weighted by molar-refractivity contribution is 0.226. The Labute approximate surface area is 75.3 Å². The highest BCUT2D eigenvalue weighted by Gasteiger charge is 2.16. The molecule has 1 heterocycles. The molecular formula is C9H21N3. The molecule has 12 heavy (non-hydrogen) atoms. The highest BCUT2D eigenvalue weighted by Crippen LogP contribution is 2.07. The summed E-state index contributed by atoms with van der Waals surface area (Å²) in [5, 5.41) is 3.48. The third-order valence-corrected chi connectivity index (χ3v) is 2.35. The van der Waals surface area contributed by atoms with E-state index in [-0.39, 0.29) is 6.04 Å². The SMILES string of the molecule is CC(N)CNC1CCCN(C)C1. The molecule has 0 aromatic rings. The zero-order chi connectivity index (χ0) is 8.97. The third-order valence-electron chi connectivity index (χ3n) is 2.35. The number of likely N-dealkylation sites (N-methyl/N-ethyl adjacent to an activating group) is 1. The second-order valence-corrected chi connectivity index (χ2v) is 3.99. The second-order valence-electron chi connectivity index (χ2n) is 3.99. The van der Waals surface area contributed by atoms with Crippen molar-refractivity contribution >= 4 is 0 Å². The molecule has 1 saturated heterocycles. The molecule has 2 atom stereocenters. The molecule has 0 radical (unpaired) electrons. The van der Waals surface area contributed by atoms with Crippen molar-refractivity contribution in [3.8, 4) is 0 Å². The van der Waals surface area contributed by atoms with Gasteiger partial charge in [-0.1, -0.05) is 0 Å². The Balaban J connectivity index is 2.14. The molecule has 3 N–H and O–H groups in total. The van der Waals surface area contributed by atoms with E-state index >= 15 is 0 Å². The third kappa shape index (κ3) is 3.52. The van der Waals surface area contributed by atoms with Gasteiger partial charge in [0.1, 0.15) is 0 Å². The minimum atomic E-state index is 0.275. The summed E-state index contributed by atoms with van der Waals surface area (Å²) in [7, 11) is 2.18. The molecule has 0 bridgehead atoms. The minimum Gasteiger partial charge on any atom is -0.327 e. The predicted octanol–water partition coefficient (Wildman–Crippen LogP) is 0.0174. The topological polar surface area (TPSA) is 41.3 Å². The molecule has 1 aliphatic rings. The van der Waals surface area contributed by atoms with Gasteiger partial charge in [-0.25, -0.2) is 0 Å². The van der Waals surface area contributed by atoms with E-state index < -0.39 is 0 Å². The molecule has 3 nitrogen and oxygen atoms in total. The summed E-state index contributed by atoms with van der Waals surface area (Å²) in [5.41, 5.74) is 5.67. The van der Waals surface area contributed by atoms with Gasteiger partial charge in [0.2, 0.25) is 0 Å². The Kier molecular flexibility index (Phi) is 3.98. The first-order valence-electron chi connectivity index (χ1n) is 4.86. The lowest BCUT2D eigenvalue weighted by Crippen LogP contribution is -2.47. The maximum absolute atomic E-state index is 5.67. The normalized spacial score (nSPS) is 28.8. The molecule has 0 saturated carbocycles. The number of nitrogens with one attached hydrogen (secondary N) is 1. The van der Waals surface area contributed by atoms with Crippen LogP contribution in [0.5, 0.6) is 0 Å². The van der Waals surface area contributed by atoms with E-state index in [1.54, 1.807) is 0 Å². The Hall–Kier alpha value is -0.120. The van der Waals surface area contributed by atoms with Gasteiger partial charge in [0.15, 0.2) is 0 Å². The van der Waals surface area contributed by atoms with Crippen molar-refractivity contribution in [1.29, 1.82) is 0 Å². The van der Waals surface area contributed by atoms with Gasteiger partial charge in [-0.3, -0.25) is 0 Å². The fourth-order valence-corrected chi connectivity index (χ4v) is 1.69. The van der Waals surface area contributed by atoms with Crippen molar-refractivity contribution in [2.75, 3.05) is 26.7 Å². The Bertz CT molecular complexity index is 125. The van der Waals surface area contributed by atoms with Crippen LogP contribution in [0.15, 0.2) is 0 Å². The molecule has 3 heteroatoms. The van der Waals surface area contributed by atoms with Gasteiger partial charge in [-0.05, 0) is 33.4 Å². The maximum Gasteiger partial charge on any atom is 0.0196 e. The number of hydrogen-bond donors (Lipinski definition) is 2. The molecule has 0 spiro atoms. The van der Waals surface area contributed by atoms with Crippen LogP contribution in [0.1, 0.15) is 19.8 Å². The van der Waals surface area contributed by atoms with Gasteiger partial charge >= 0.3 is 0 Å². The van der Waals surface area contributed by atoms with Crippen LogP contribution in [0.2, 0.25) is 0 Å². The van der Waals surface area contributed by atoms with E-state index in [9.17, 15) is 0 Å². The van der Waals surface area contributed by atoms with Gasteiger partial charge in [-0.15, -0.1) is 0 Å². The fourth-order valence-electron chi connectivity index (χ4n) is 1.69. The summed E-state index contributed by atoms with van der Waals surface area (Å²) < 4.78 is 0. The second kappa shape index (κ2) is 4.80. The molecular weight excluding hydrogens is 150 g/mol. The van der Waals surface area contributed by atoms with Crippen molar-refractivity contribution < 1.29 is 0 Å². The average Bonchev–Trinajstić information content (AvgIpc) is 2.01. The molecule has 1 aliphatic heterocycles. The first kappa shape index (κ1) is 9.96. The van der Waals surface area contributed by atoms with Gasteiger partial charge < -0.3 is 16.0 Å². The van der Waals surface area contributed by atoms with Gasteiger partial charge in [0.25, 0.3) is 0 Å². The lowest BCUT2D eigenvalue weighted by Gasteiger charge is -2.30. The van der Waals surface area contributed by atoms with Crippen molar-refractivity contribution in [2.45, 2.75) is 31.8 Å². The van der Waals surface area contributed by atoms with Crippen LogP contribution in [-0.2, 0) is 0 Å². The lowest BCUT2D eigenvalue weighted by atomic mass is 10.1. The molecule has 0 amide bonds. The molecule has 1 fully saturated rings. The van der Waals surface area contributed by atoms with Gasteiger partial charge in [-0.2, -0.15) is 0 Å². The number of rotatable bonds is 3. The van der Waals surface area contributed by atoms with Crippen molar-refractivity contribution in [3.63, 3.8) is 0 Å². The van der Waals surface area contributed by atoms with Gasteiger partial charge in [0, 0.05) is 25.2 Å². The van der Waals surface area contributed by atoms with Crippen molar-refractivity contribution in [1.82, 2.24) is 10.2 Å². The summed E-state index contributed by atoms with van der Waals surface area (Å²) in [5.74, 6) is 0. The molecule has 1 rings (SSSR count). The summed E-state index contributed by atoms with van der Waals surface area (Å²) in [6.07, 6.45) is 2.62. The van der Waals surface area contributed by atoms with Crippen LogP contribution in [0.3, 0.4) is 0 Å². The molecule has 0 aliphatic carbocycles. The van der Waals surface area contributed by atoms with E-state index in [0.29, 0.717) is 6.04 Å². The molecule has 0 aromatic carbocycles. The van der Waals surface area contributed by atoms with Crippen molar-refractivity contribution in [2.24, 2.45) is 5.73 Å². The Morgan fingerprint density at radius 2 is 2.42 bits per heavy atom. The highest BCUT2D eigenvalue weighted by atomic mass is 15.1. The van der Waals surface area contributed by atoms with Crippen LogP contribution < -0.4 is 11.1 Å². The fraction of sp³-hybridized carbons (Fsp3) is 1.00. The average molecular weight is 171 g/mol. The Morgan fingerprint density at radius 3 is 3.00 bits per heavy atom. The van der Waals surface area contributed by atoms with Crippen LogP contribution in [0.25, 0.3) is 0 Å². The van der Waals surface area contributed by atoms with E-state index in [2.05, 4.69) is 17.3 Å². The zero-order valence-corrected chi connectivity index (χ0v) is 8.21. The standard InChI is InChI=1S/C9H21N3/c1-8(10)6-11-9-4-3-5-12(2)7-9/h8-9,11H,3-7,10H2,1-2H3.